The molecule has 1 rings (SSSR count). The number of nitrogens with one attached hydrogen (secondary N) is 1. The van der Waals surface area contributed by atoms with Crippen molar-refractivity contribution in [3.8, 4) is 0 Å². The van der Waals surface area contributed by atoms with Gasteiger partial charge < -0.3 is 15.2 Å². The quantitative estimate of drug-likeness (QED) is 0.639. The van der Waals surface area contributed by atoms with Gasteiger partial charge in [0.05, 0.1) is 5.69 Å². The summed E-state index contributed by atoms with van der Waals surface area (Å²) in [5.74, 6) is 0.490. The van der Waals surface area contributed by atoms with Crippen LogP contribution in [-0.2, 0) is 17.8 Å². The zero-order valence-corrected chi connectivity index (χ0v) is 10.6. The number of hydrogen-bond acceptors (Lipinski definition) is 5. The Morgan fingerprint density at radius 1 is 1.59 bits per heavy atom. The molecule has 0 aliphatic heterocycles. The van der Waals surface area contributed by atoms with Gasteiger partial charge in [-0.25, -0.2) is 0 Å². The first-order valence-corrected chi connectivity index (χ1v) is 5.95. The summed E-state index contributed by atoms with van der Waals surface area (Å²) < 4.78 is 6.81. The molecule has 0 saturated carbocycles. The average molecular weight is 242 g/mol. The van der Waals surface area contributed by atoms with Crippen molar-refractivity contribution in [2.45, 2.75) is 26.4 Å². The molecule has 0 aliphatic rings. The lowest BCUT2D eigenvalue weighted by Crippen LogP contribution is -2.23. The van der Waals surface area contributed by atoms with E-state index in [1.807, 2.05) is 6.20 Å². The van der Waals surface area contributed by atoms with Crippen molar-refractivity contribution in [2.24, 2.45) is 5.92 Å². The zero-order valence-electron chi connectivity index (χ0n) is 10.6. The molecule has 0 amide bonds. The van der Waals surface area contributed by atoms with E-state index in [1.54, 1.807) is 11.8 Å². The number of hydrogen-bond donors (Lipinski definition) is 2. The summed E-state index contributed by atoms with van der Waals surface area (Å²) >= 11 is 0. The summed E-state index contributed by atoms with van der Waals surface area (Å²) in [5, 5.41) is 20.0. The Kier molecular flexibility index (Phi) is 6.76. The Hall–Kier alpha value is -0.980. The number of aromatic nitrogens is 3. The summed E-state index contributed by atoms with van der Waals surface area (Å²) in [7, 11) is 1.71. The van der Waals surface area contributed by atoms with Crippen molar-refractivity contribution in [2.75, 3.05) is 26.9 Å². The number of ether oxygens (including phenoxy) is 1. The van der Waals surface area contributed by atoms with Crippen molar-refractivity contribution in [1.82, 2.24) is 20.3 Å². The molecular weight excluding hydrogens is 220 g/mol. The number of nitrogens with zero attached hydrogens (tertiary/aromatic N) is 3. The highest BCUT2D eigenvalue weighted by Gasteiger charge is 2.03. The third-order valence-electron chi connectivity index (χ3n) is 2.38. The third-order valence-corrected chi connectivity index (χ3v) is 2.38. The van der Waals surface area contributed by atoms with Crippen LogP contribution in [0.1, 0.15) is 19.0 Å². The van der Waals surface area contributed by atoms with Crippen molar-refractivity contribution < 1.29 is 9.84 Å². The maximum atomic E-state index is 8.70. The smallest absolute Gasteiger partial charge is 0.0964 e. The van der Waals surface area contributed by atoms with Gasteiger partial charge in [0, 0.05) is 46.2 Å². The SMILES string of the molecule is COCC(C)CNCc1cn(CCCO)nn1. The fourth-order valence-corrected chi connectivity index (χ4v) is 1.55. The van der Waals surface area contributed by atoms with E-state index in [1.165, 1.54) is 0 Å². The van der Waals surface area contributed by atoms with Gasteiger partial charge >= 0.3 is 0 Å². The molecule has 0 aliphatic carbocycles. The standard InChI is InChI=1S/C11H22N4O2/c1-10(9-17-2)6-12-7-11-8-15(14-13-11)4-3-5-16/h8,10,12,16H,3-7,9H2,1-2H3. The van der Waals surface area contributed by atoms with E-state index in [0.29, 0.717) is 25.4 Å². The number of methoxy groups -OCH3 is 1. The highest BCUT2D eigenvalue weighted by atomic mass is 16.5. The molecule has 1 unspecified atom stereocenters. The van der Waals surface area contributed by atoms with E-state index in [4.69, 9.17) is 9.84 Å². The second-order valence-electron chi connectivity index (χ2n) is 4.24. The van der Waals surface area contributed by atoms with Gasteiger partial charge in [-0.3, -0.25) is 4.68 Å². The molecule has 6 nitrogen and oxygen atoms in total. The minimum atomic E-state index is 0.183. The van der Waals surface area contributed by atoms with E-state index in [9.17, 15) is 0 Å². The predicted molar refractivity (Wildman–Crippen MR) is 64.5 cm³/mol. The molecule has 2 N–H and O–H groups in total. The molecule has 0 saturated heterocycles. The summed E-state index contributed by atoms with van der Waals surface area (Å²) in [6, 6.07) is 0. The van der Waals surface area contributed by atoms with Crippen LogP contribution in [0, 0.1) is 5.92 Å². The van der Waals surface area contributed by atoms with Crippen LogP contribution in [0.25, 0.3) is 0 Å². The highest BCUT2D eigenvalue weighted by molar-refractivity contribution is 4.91. The number of aliphatic hydroxyl groups is 1. The van der Waals surface area contributed by atoms with Crippen molar-refractivity contribution in [3.63, 3.8) is 0 Å². The largest absolute Gasteiger partial charge is 0.396 e. The number of aryl methyl sites for hydroxylation is 1. The van der Waals surface area contributed by atoms with E-state index in [2.05, 4.69) is 22.6 Å². The first-order chi connectivity index (χ1) is 8.26. The van der Waals surface area contributed by atoms with Crippen LogP contribution in [-0.4, -0.2) is 47.0 Å². The third kappa shape index (κ3) is 5.76. The van der Waals surface area contributed by atoms with Crippen molar-refractivity contribution in [1.29, 1.82) is 0 Å². The molecule has 0 radical (unpaired) electrons. The van der Waals surface area contributed by atoms with Crippen LogP contribution in [0.2, 0.25) is 0 Å². The lowest BCUT2D eigenvalue weighted by Gasteiger charge is -2.09. The first-order valence-electron chi connectivity index (χ1n) is 5.95. The molecule has 0 aromatic carbocycles. The molecule has 98 valence electrons. The number of rotatable bonds is 9. The Morgan fingerprint density at radius 2 is 2.41 bits per heavy atom. The maximum absolute atomic E-state index is 8.70. The van der Waals surface area contributed by atoms with Gasteiger partial charge in [-0.2, -0.15) is 0 Å². The fraction of sp³-hybridized carbons (Fsp3) is 0.818. The van der Waals surface area contributed by atoms with Gasteiger partial charge in [0.25, 0.3) is 0 Å². The summed E-state index contributed by atoms with van der Waals surface area (Å²) in [6.07, 6.45) is 2.62. The van der Waals surface area contributed by atoms with E-state index < -0.39 is 0 Å². The fourth-order valence-electron chi connectivity index (χ4n) is 1.55. The van der Waals surface area contributed by atoms with Crippen molar-refractivity contribution >= 4 is 0 Å². The van der Waals surface area contributed by atoms with E-state index in [0.717, 1.165) is 18.8 Å². The summed E-state index contributed by atoms with van der Waals surface area (Å²) in [5.41, 5.74) is 0.924. The number of aliphatic hydroxyl groups excluding tert-OH is 1. The molecule has 0 spiro atoms. The molecule has 1 aromatic heterocycles. The van der Waals surface area contributed by atoms with Gasteiger partial charge in [0.1, 0.15) is 0 Å². The Morgan fingerprint density at radius 3 is 3.12 bits per heavy atom. The Labute approximate surface area is 102 Å². The minimum Gasteiger partial charge on any atom is -0.396 e. The van der Waals surface area contributed by atoms with Crippen LogP contribution < -0.4 is 5.32 Å². The summed E-state index contributed by atoms with van der Waals surface area (Å²) in [6.45, 7) is 5.40. The van der Waals surface area contributed by atoms with Crippen LogP contribution in [0.15, 0.2) is 6.20 Å². The Balaban J connectivity index is 2.20. The normalized spacial score (nSPS) is 12.9. The van der Waals surface area contributed by atoms with Crippen LogP contribution in [0.3, 0.4) is 0 Å². The second kappa shape index (κ2) is 8.16. The Bertz CT molecular complexity index is 303. The molecule has 17 heavy (non-hydrogen) atoms. The highest BCUT2D eigenvalue weighted by Crippen LogP contribution is 1.96. The maximum Gasteiger partial charge on any atom is 0.0964 e. The van der Waals surface area contributed by atoms with E-state index in [-0.39, 0.29) is 6.61 Å². The van der Waals surface area contributed by atoms with Gasteiger partial charge in [0.2, 0.25) is 0 Å². The first kappa shape index (κ1) is 14.1. The van der Waals surface area contributed by atoms with Crippen LogP contribution in [0.5, 0.6) is 0 Å². The zero-order chi connectivity index (χ0) is 12.5. The molecule has 6 heteroatoms. The summed E-state index contributed by atoms with van der Waals surface area (Å²) in [4.78, 5) is 0. The molecular formula is C11H22N4O2. The lowest BCUT2D eigenvalue weighted by molar-refractivity contribution is 0.158. The lowest BCUT2D eigenvalue weighted by atomic mass is 10.2. The van der Waals surface area contributed by atoms with Gasteiger partial charge in [-0.15, -0.1) is 5.10 Å². The topological polar surface area (TPSA) is 72.2 Å². The van der Waals surface area contributed by atoms with Crippen LogP contribution >= 0.6 is 0 Å². The van der Waals surface area contributed by atoms with Gasteiger partial charge in [0.15, 0.2) is 0 Å². The average Bonchev–Trinajstić information content (AvgIpc) is 2.75. The molecule has 0 fully saturated rings. The molecule has 1 atom stereocenters. The van der Waals surface area contributed by atoms with Gasteiger partial charge in [-0.1, -0.05) is 12.1 Å². The molecule has 0 bridgehead atoms. The van der Waals surface area contributed by atoms with Crippen LogP contribution in [0.4, 0.5) is 0 Å². The minimum absolute atomic E-state index is 0.183. The second-order valence-corrected chi connectivity index (χ2v) is 4.24. The van der Waals surface area contributed by atoms with E-state index >= 15 is 0 Å². The monoisotopic (exact) mass is 242 g/mol. The molecule has 1 heterocycles. The predicted octanol–water partition coefficient (Wildman–Crippen LogP) is 0.0326. The van der Waals surface area contributed by atoms with Gasteiger partial charge in [-0.05, 0) is 12.3 Å². The van der Waals surface area contributed by atoms with Crippen molar-refractivity contribution in [3.05, 3.63) is 11.9 Å². The molecule has 1 aromatic rings.